The van der Waals surface area contributed by atoms with Crippen molar-refractivity contribution in [2.24, 2.45) is 4.99 Å². The van der Waals surface area contributed by atoms with Crippen molar-refractivity contribution in [3.63, 3.8) is 0 Å². The highest BCUT2D eigenvalue weighted by Gasteiger charge is 2.08. The van der Waals surface area contributed by atoms with Gasteiger partial charge < -0.3 is 20.5 Å². The number of aryl methyl sites for hydroxylation is 1. The number of hydrogen-bond donors (Lipinski definition) is 3. The minimum Gasteiger partial charge on any atom is -0.508 e. The molecule has 0 radical (unpaired) electrons. The first-order chi connectivity index (χ1) is 12.1. The number of ether oxygens (including phenoxy) is 1. The van der Waals surface area contributed by atoms with E-state index in [1.807, 2.05) is 12.1 Å². The van der Waals surface area contributed by atoms with Gasteiger partial charge in [0.2, 0.25) is 0 Å². The van der Waals surface area contributed by atoms with E-state index in [1.54, 1.807) is 26.3 Å². The van der Waals surface area contributed by atoms with Gasteiger partial charge in [0.15, 0.2) is 5.96 Å². The molecule has 1 atom stereocenters. The molecule has 0 aliphatic rings. The Hall–Kier alpha value is -1.96. The number of hydrogen-bond acceptors (Lipinski definition) is 3. The fourth-order valence-electron chi connectivity index (χ4n) is 2.54. The van der Waals surface area contributed by atoms with Crippen LogP contribution in [0.1, 0.15) is 24.5 Å². The Morgan fingerprint density at radius 1 is 1.19 bits per heavy atom. The summed E-state index contributed by atoms with van der Waals surface area (Å²) in [7, 11) is 3.35. The van der Waals surface area contributed by atoms with Gasteiger partial charge in [0.05, 0.1) is 7.11 Å². The fourth-order valence-corrected chi connectivity index (χ4v) is 2.54. The molecule has 2 aromatic carbocycles. The maximum Gasteiger partial charge on any atom is 0.191 e. The van der Waals surface area contributed by atoms with Crippen LogP contribution in [-0.2, 0) is 13.0 Å². The molecule has 0 aromatic heterocycles. The quantitative estimate of drug-likeness (QED) is 0.329. The van der Waals surface area contributed by atoms with Gasteiger partial charge in [-0.1, -0.05) is 30.3 Å². The number of phenolic OH excluding ortho intramolecular Hbond substituents is 1. The van der Waals surface area contributed by atoms with Crippen LogP contribution in [0.3, 0.4) is 0 Å². The number of phenols is 1. The Labute approximate surface area is 172 Å². The van der Waals surface area contributed by atoms with Gasteiger partial charge in [-0.15, -0.1) is 24.0 Å². The third kappa shape index (κ3) is 7.11. The Kier molecular flexibility index (Phi) is 9.87. The van der Waals surface area contributed by atoms with Crippen LogP contribution in [0, 0.1) is 0 Å². The van der Waals surface area contributed by atoms with Crippen molar-refractivity contribution in [3.05, 3.63) is 59.7 Å². The summed E-state index contributed by atoms with van der Waals surface area (Å²) in [4.78, 5) is 4.25. The van der Waals surface area contributed by atoms with E-state index < -0.39 is 0 Å². The lowest BCUT2D eigenvalue weighted by Crippen LogP contribution is -2.42. The summed E-state index contributed by atoms with van der Waals surface area (Å²) in [5, 5.41) is 16.6. The van der Waals surface area contributed by atoms with Gasteiger partial charge >= 0.3 is 0 Å². The van der Waals surface area contributed by atoms with Crippen molar-refractivity contribution in [1.82, 2.24) is 10.6 Å². The van der Waals surface area contributed by atoms with E-state index in [0.717, 1.165) is 18.4 Å². The van der Waals surface area contributed by atoms with E-state index in [2.05, 4.69) is 46.8 Å². The standard InChI is InChI=1S/C20H27N3O2.HI/c1-15(9-10-16-7-5-4-6-8-16)23-20(21-2)22-14-17-13-18(25-3)11-12-19(17)24;/h4-8,11-13,15,24H,9-10,14H2,1-3H3,(H2,21,22,23);1H. The molecule has 26 heavy (non-hydrogen) atoms. The molecule has 2 aromatic rings. The van der Waals surface area contributed by atoms with E-state index in [-0.39, 0.29) is 35.8 Å². The first kappa shape index (κ1) is 22.1. The van der Waals surface area contributed by atoms with E-state index >= 15 is 0 Å². The molecular formula is C20H28IN3O2. The first-order valence-corrected chi connectivity index (χ1v) is 8.49. The van der Waals surface area contributed by atoms with E-state index in [0.29, 0.717) is 18.3 Å². The van der Waals surface area contributed by atoms with Crippen LogP contribution in [0.2, 0.25) is 0 Å². The summed E-state index contributed by atoms with van der Waals surface area (Å²) in [6, 6.07) is 15.9. The predicted molar refractivity (Wildman–Crippen MR) is 118 cm³/mol. The number of halogens is 1. The second-order valence-electron chi connectivity index (χ2n) is 5.99. The van der Waals surface area contributed by atoms with Crippen LogP contribution in [-0.4, -0.2) is 31.3 Å². The third-order valence-electron chi connectivity index (χ3n) is 4.05. The molecule has 2 rings (SSSR count). The number of benzene rings is 2. The smallest absolute Gasteiger partial charge is 0.191 e. The molecule has 0 heterocycles. The maximum absolute atomic E-state index is 9.95. The molecule has 0 fully saturated rings. The van der Waals surface area contributed by atoms with Crippen molar-refractivity contribution >= 4 is 29.9 Å². The molecule has 142 valence electrons. The normalized spacial score (nSPS) is 12.0. The molecule has 0 saturated heterocycles. The molecular weight excluding hydrogens is 441 g/mol. The van der Waals surface area contributed by atoms with Crippen molar-refractivity contribution in [2.75, 3.05) is 14.2 Å². The van der Waals surface area contributed by atoms with E-state index in [1.165, 1.54) is 5.56 Å². The maximum atomic E-state index is 9.95. The largest absolute Gasteiger partial charge is 0.508 e. The van der Waals surface area contributed by atoms with Crippen molar-refractivity contribution in [2.45, 2.75) is 32.4 Å². The average molecular weight is 469 g/mol. The molecule has 0 amide bonds. The zero-order valence-electron chi connectivity index (χ0n) is 15.5. The van der Waals surface area contributed by atoms with Gasteiger partial charge in [0, 0.05) is 25.2 Å². The van der Waals surface area contributed by atoms with Crippen LogP contribution < -0.4 is 15.4 Å². The molecule has 3 N–H and O–H groups in total. The Morgan fingerprint density at radius 2 is 1.92 bits per heavy atom. The molecule has 0 saturated carbocycles. The van der Waals surface area contributed by atoms with Crippen LogP contribution in [0.15, 0.2) is 53.5 Å². The van der Waals surface area contributed by atoms with Gasteiger partial charge in [0.25, 0.3) is 0 Å². The summed E-state index contributed by atoms with van der Waals surface area (Å²) in [5.41, 5.74) is 2.10. The molecule has 5 nitrogen and oxygen atoms in total. The summed E-state index contributed by atoms with van der Waals surface area (Å²) in [5.74, 6) is 1.66. The lowest BCUT2D eigenvalue weighted by molar-refractivity contribution is 0.410. The van der Waals surface area contributed by atoms with Crippen LogP contribution in [0.25, 0.3) is 0 Å². The minimum absolute atomic E-state index is 0. The third-order valence-corrected chi connectivity index (χ3v) is 4.05. The summed E-state index contributed by atoms with van der Waals surface area (Å²) in [6.45, 7) is 2.60. The molecule has 0 spiro atoms. The van der Waals surface area contributed by atoms with Crippen molar-refractivity contribution in [1.29, 1.82) is 0 Å². The number of rotatable bonds is 7. The van der Waals surface area contributed by atoms with Gasteiger partial charge in [-0.25, -0.2) is 0 Å². The SMILES string of the molecule is CN=C(NCc1cc(OC)ccc1O)NC(C)CCc1ccccc1.I. The highest BCUT2D eigenvalue weighted by Crippen LogP contribution is 2.22. The average Bonchev–Trinajstić information content (AvgIpc) is 2.65. The molecule has 1 unspecified atom stereocenters. The predicted octanol–water partition coefficient (Wildman–Crippen LogP) is 3.71. The number of aliphatic imine (C=N–C) groups is 1. The van der Waals surface area contributed by atoms with Gasteiger partial charge in [0.1, 0.15) is 11.5 Å². The monoisotopic (exact) mass is 469 g/mol. The highest BCUT2D eigenvalue weighted by molar-refractivity contribution is 14.0. The lowest BCUT2D eigenvalue weighted by Gasteiger charge is -2.18. The van der Waals surface area contributed by atoms with Crippen molar-refractivity contribution in [3.8, 4) is 11.5 Å². The number of aromatic hydroxyl groups is 1. The molecule has 0 aliphatic carbocycles. The highest BCUT2D eigenvalue weighted by atomic mass is 127. The summed E-state index contributed by atoms with van der Waals surface area (Å²) in [6.07, 6.45) is 2.03. The van der Waals surface area contributed by atoms with Gasteiger partial charge in [-0.05, 0) is 43.5 Å². The number of nitrogens with zero attached hydrogens (tertiary/aromatic N) is 1. The zero-order valence-corrected chi connectivity index (χ0v) is 17.9. The Morgan fingerprint density at radius 3 is 2.58 bits per heavy atom. The molecule has 0 bridgehead atoms. The fraction of sp³-hybridized carbons (Fsp3) is 0.350. The lowest BCUT2D eigenvalue weighted by atomic mass is 10.1. The second kappa shape index (κ2) is 11.6. The van der Waals surface area contributed by atoms with Gasteiger partial charge in [-0.3, -0.25) is 4.99 Å². The molecule has 0 aliphatic heterocycles. The number of guanidine groups is 1. The topological polar surface area (TPSA) is 65.9 Å². The minimum atomic E-state index is 0. The zero-order chi connectivity index (χ0) is 18.1. The Bertz CT molecular complexity index is 693. The van der Waals surface area contributed by atoms with E-state index in [9.17, 15) is 5.11 Å². The van der Waals surface area contributed by atoms with Crippen LogP contribution in [0.5, 0.6) is 11.5 Å². The molecule has 6 heteroatoms. The first-order valence-electron chi connectivity index (χ1n) is 8.49. The van der Waals surface area contributed by atoms with Crippen LogP contribution in [0.4, 0.5) is 0 Å². The van der Waals surface area contributed by atoms with Crippen molar-refractivity contribution < 1.29 is 9.84 Å². The van der Waals surface area contributed by atoms with Crippen LogP contribution >= 0.6 is 24.0 Å². The summed E-state index contributed by atoms with van der Waals surface area (Å²) < 4.78 is 5.20. The Balaban J connectivity index is 0.00000338. The van der Waals surface area contributed by atoms with Gasteiger partial charge in [-0.2, -0.15) is 0 Å². The number of methoxy groups -OCH3 is 1. The number of nitrogens with one attached hydrogen (secondary N) is 2. The summed E-state index contributed by atoms with van der Waals surface area (Å²) >= 11 is 0. The second-order valence-corrected chi connectivity index (χ2v) is 5.99. The van der Waals surface area contributed by atoms with E-state index in [4.69, 9.17) is 4.74 Å².